The van der Waals surface area contributed by atoms with E-state index >= 15 is 0 Å². The van der Waals surface area contributed by atoms with E-state index in [1.165, 1.54) is 43.1 Å². The van der Waals surface area contributed by atoms with Crippen molar-refractivity contribution in [2.75, 3.05) is 0 Å². The summed E-state index contributed by atoms with van der Waals surface area (Å²) in [7, 11) is 0. The molecule has 0 heterocycles. The number of rotatable bonds is 7. The van der Waals surface area contributed by atoms with Crippen molar-refractivity contribution in [2.45, 2.75) is 85.2 Å². The highest BCUT2D eigenvalue weighted by molar-refractivity contribution is 6.62. The summed E-state index contributed by atoms with van der Waals surface area (Å²) in [5.41, 5.74) is 4.56. The second-order valence-corrected chi connectivity index (χ2v) is 14.7. The summed E-state index contributed by atoms with van der Waals surface area (Å²) >= 11 is 0. The normalized spacial score (nSPS) is 36.2. The summed E-state index contributed by atoms with van der Waals surface area (Å²) in [5, 5.41) is 0. The van der Waals surface area contributed by atoms with Gasteiger partial charge in [-0.15, -0.1) is 0 Å². The van der Waals surface area contributed by atoms with Gasteiger partial charge in [-0.3, -0.25) is 4.99 Å². The summed E-state index contributed by atoms with van der Waals surface area (Å²) in [4.78, 5) is 5.09. The fourth-order valence-electron chi connectivity index (χ4n) is 10.0. The Labute approximate surface area is 232 Å². The minimum atomic E-state index is 0.559. The first-order valence-corrected chi connectivity index (χ1v) is 15.5. The molecule has 38 heavy (non-hydrogen) atoms. The molecule has 6 fully saturated rings. The largest absolute Gasteiger partial charge is 0.256 e. The van der Waals surface area contributed by atoms with Crippen LogP contribution in [-0.2, 0) is 0 Å². The highest BCUT2D eigenvalue weighted by atomic mass is 14.7. The highest BCUT2D eigenvalue weighted by Crippen LogP contribution is 2.69. The van der Waals surface area contributed by atoms with E-state index in [4.69, 9.17) is 4.99 Å². The van der Waals surface area contributed by atoms with Crippen LogP contribution in [0.3, 0.4) is 0 Å². The van der Waals surface area contributed by atoms with Gasteiger partial charge in [0.15, 0.2) is 6.71 Å². The molecule has 1 nitrogen and oxygen atoms in total. The summed E-state index contributed by atoms with van der Waals surface area (Å²) in [6, 6.07) is 21.3. The van der Waals surface area contributed by atoms with Crippen molar-refractivity contribution < 1.29 is 0 Å². The summed E-state index contributed by atoms with van der Waals surface area (Å²) in [5.74, 6) is 7.15. The van der Waals surface area contributed by atoms with Crippen LogP contribution in [0.1, 0.15) is 78.4 Å². The van der Waals surface area contributed by atoms with Gasteiger partial charge in [-0.05, 0) is 59.2 Å². The Morgan fingerprint density at radius 2 is 1.18 bits per heavy atom. The van der Waals surface area contributed by atoms with Crippen LogP contribution < -0.4 is 0 Å². The molecule has 0 unspecified atom stereocenters. The smallest absolute Gasteiger partial charge is 0.150 e. The molecule has 2 aromatic carbocycles. The number of allylic oxidation sites excluding steroid dienone is 1. The molecule has 0 aliphatic heterocycles. The fraction of sp³-hybridized carbons (Fsp3) is 0.583. The third kappa shape index (κ3) is 4.26. The van der Waals surface area contributed by atoms with E-state index in [1.807, 2.05) is 0 Å². The number of benzene rings is 2. The van der Waals surface area contributed by atoms with Crippen LogP contribution >= 0.6 is 0 Å². The monoisotopic (exact) mass is 505 g/mol. The maximum Gasteiger partial charge on any atom is 0.150 e. The van der Waals surface area contributed by atoms with Crippen molar-refractivity contribution in [3.63, 3.8) is 0 Å². The molecule has 0 N–H and O–H groups in total. The number of aliphatic imine (C=N–C) groups is 1. The van der Waals surface area contributed by atoms with Gasteiger partial charge in [0.05, 0.1) is 5.71 Å². The SMILES string of the molecule is C[C@@H]1[C@H]2C[C@@H](C[C@H]1B(C/C=C/N=C(c1ccccc1)c1ccccc1)[C@@H]1C[C@@H]3C[C@H]([C@H]1C)C3(C)C)C2(C)C. The summed E-state index contributed by atoms with van der Waals surface area (Å²) in [6.45, 7) is 16.2. The Morgan fingerprint density at radius 3 is 1.58 bits per heavy atom. The van der Waals surface area contributed by atoms with Crippen molar-refractivity contribution in [1.82, 2.24) is 0 Å². The summed E-state index contributed by atoms with van der Waals surface area (Å²) < 4.78 is 0. The maximum atomic E-state index is 5.09. The minimum absolute atomic E-state index is 0.559. The molecular weight excluding hydrogens is 457 g/mol. The lowest BCUT2D eigenvalue weighted by atomic mass is 9.20. The van der Waals surface area contributed by atoms with E-state index in [9.17, 15) is 0 Å². The fourth-order valence-corrected chi connectivity index (χ4v) is 10.0. The Morgan fingerprint density at radius 1 is 0.737 bits per heavy atom. The summed E-state index contributed by atoms with van der Waals surface area (Å²) in [6.07, 6.45) is 11.6. The van der Waals surface area contributed by atoms with Crippen LogP contribution in [-0.4, -0.2) is 12.4 Å². The third-order valence-electron chi connectivity index (χ3n) is 12.7. The van der Waals surface area contributed by atoms with Crippen molar-refractivity contribution in [3.05, 3.63) is 84.1 Å². The molecular formula is C36H48BN. The molecule has 6 saturated carbocycles. The van der Waals surface area contributed by atoms with Crippen LogP contribution in [0, 0.1) is 46.3 Å². The van der Waals surface area contributed by atoms with Gasteiger partial charge in [0.25, 0.3) is 0 Å². The zero-order chi connectivity index (χ0) is 26.7. The molecule has 8 atom stereocenters. The number of hydrogen-bond acceptors (Lipinski definition) is 1. The minimum Gasteiger partial charge on any atom is -0.256 e. The van der Waals surface area contributed by atoms with Crippen molar-refractivity contribution in [1.29, 1.82) is 0 Å². The molecule has 0 amide bonds. The third-order valence-corrected chi connectivity index (χ3v) is 12.7. The van der Waals surface area contributed by atoms with Gasteiger partial charge in [0.2, 0.25) is 0 Å². The number of fused-ring (bicyclic) bond motifs is 4. The predicted molar refractivity (Wildman–Crippen MR) is 164 cm³/mol. The molecule has 2 heteroatoms. The van der Waals surface area contributed by atoms with E-state index in [2.05, 4.69) is 114 Å². The molecule has 0 radical (unpaired) electrons. The molecule has 200 valence electrons. The molecule has 8 rings (SSSR count). The van der Waals surface area contributed by atoms with Crippen LogP contribution in [0.25, 0.3) is 0 Å². The lowest BCUT2D eigenvalue weighted by Gasteiger charge is -2.66. The second kappa shape index (κ2) is 9.83. The van der Waals surface area contributed by atoms with Gasteiger partial charge in [-0.2, -0.15) is 0 Å². The lowest BCUT2D eigenvalue weighted by molar-refractivity contribution is -0.107. The zero-order valence-electron chi connectivity index (χ0n) is 24.6. The first-order chi connectivity index (χ1) is 18.2. The average molecular weight is 506 g/mol. The van der Waals surface area contributed by atoms with Crippen molar-refractivity contribution in [2.24, 2.45) is 51.3 Å². The number of hydrogen-bond donors (Lipinski definition) is 0. The Kier molecular flexibility index (Phi) is 6.77. The molecule has 0 saturated heterocycles. The highest BCUT2D eigenvalue weighted by Gasteiger charge is 2.62. The van der Waals surface area contributed by atoms with Crippen LogP contribution in [0.4, 0.5) is 0 Å². The van der Waals surface area contributed by atoms with Gasteiger partial charge in [-0.1, -0.05) is 139 Å². The van der Waals surface area contributed by atoms with E-state index in [-0.39, 0.29) is 0 Å². The Hall–Kier alpha value is -2.09. The average Bonchev–Trinajstić information content (AvgIpc) is 2.92. The molecule has 0 aromatic heterocycles. The van der Waals surface area contributed by atoms with Gasteiger partial charge in [-0.25, -0.2) is 0 Å². The van der Waals surface area contributed by atoms with E-state index in [1.54, 1.807) is 0 Å². The maximum absolute atomic E-state index is 5.09. The molecule has 2 aromatic rings. The Balaban J connectivity index is 1.27. The van der Waals surface area contributed by atoms with Crippen LogP contribution in [0.2, 0.25) is 18.0 Å². The first kappa shape index (κ1) is 26.2. The van der Waals surface area contributed by atoms with Crippen molar-refractivity contribution >= 4 is 12.4 Å². The van der Waals surface area contributed by atoms with E-state index in [0.29, 0.717) is 10.8 Å². The lowest BCUT2D eigenvalue weighted by Crippen LogP contribution is -2.59. The topological polar surface area (TPSA) is 12.4 Å². The van der Waals surface area contributed by atoms with Gasteiger partial charge < -0.3 is 0 Å². The van der Waals surface area contributed by atoms with Crippen molar-refractivity contribution in [3.8, 4) is 0 Å². The second-order valence-electron chi connectivity index (χ2n) is 14.7. The zero-order valence-corrected chi connectivity index (χ0v) is 24.6. The van der Waals surface area contributed by atoms with E-state index < -0.39 is 0 Å². The van der Waals surface area contributed by atoms with Gasteiger partial charge in [0.1, 0.15) is 0 Å². The number of nitrogens with zero attached hydrogens (tertiary/aromatic N) is 1. The van der Waals surface area contributed by atoms with Gasteiger partial charge >= 0.3 is 0 Å². The molecule has 4 bridgehead atoms. The predicted octanol–water partition coefficient (Wildman–Crippen LogP) is 9.68. The Bertz CT molecular complexity index is 1090. The first-order valence-electron chi connectivity index (χ1n) is 15.5. The standard InChI is InChI=1S/C36H48BN/c1-24-30-20-28(35(30,3)4)22-32(24)37(33-23-29-21-31(25(33)2)36(29,5)6)18-13-19-38-34(26-14-9-7-10-15-26)27-16-11-8-12-17-27/h7-17,19,24-25,28-33H,18,20-23H2,1-6H3/b19-13+/t24-,25-,28+,29+,30-,31-,32-,33-/m1/s1. The quantitative estimate of drug-likeness (QED) is 0.262. The van der Waals surface area contributed by atoms with Crippen LogP contribution in [0.5, 0.6) is 0 Å². The molecule has 6 aliphatic carbocycles. The van der Waals surface area contributed by atoms with E-state index in [0.717, 1.165) is 59.6 Å². The molecule has 6 aliphatic rings. The van der Waals surface area contributed by atoms with Gasteiger partial charge in [0, 0.05) is 17.3 Å². The molecule has 0 spiro atoms. The van der Waals surface area contributed by atoms with Crippen LogP contribution in [0.15, 0.2) is 77.9 Å².